The zero-order valence-corrected chi connectivity index (χ0v) is 14.0. The first-order valence-corrected chi connectivity index (χ1v) is 7.66. The summed E-state index contributed by atoms with van der Waals surface area (Å²) in [5.41, 5.74) is 3.48. The molecular formula is C17H20Cl2N2. The number of nitrogens with one attached hydrogen (secondary N) is 1. The first-order chi connectivity index (χ1) is 10.0. The molecule has 0 aromatic heterocycles. The van der Waals surface area contributed by atoms with Gasteiger partial charge in [-0.25, -0.2) is 0 Å². The van der Waals surface area contributed by atoms with E-state index in [0.717, 1.165) is 12.0 Å². The van der Waals surface area contributed by atoms with Gasteiger partial charge in [-0.2, -0.15) is 0 Å². The van der Waals surface area contributed by atoms with Crippen molar-refractivity contribution in [3.63, 3.8) is 0 Å². The molecule has 0 amide bonds. The number of halogens is 2. The van der Waals surface area contributed by atoms with Crippen LogP contribution in [0.15, 0.2) is 42.5 Å². The summed E-state index contributed by atoms with van der Waals surface area (Å²) in [4.78, 5) is 2.10. The van der Waals surface area contributed by atoms with E-state index >= 15 is 0 Å². The van der Waals surface area contributed by atoms with Crippen molar-refractivity contribution < 1.29 is 0 Å². The van der Waals surface area contributed by atoms with Crippen LogP contribution in [0.5, 0.6) is 0 Å². The van der Waals surface area contributed by atoms with Gasteiger partial charge in [0.2, 0.25) is 0 Å². The maximum Gasteiger partial charge on any atom is 0.0624 e. The van der Waals surface area contributed by atoms with Crippen LogP contribution in [0.2, 0.25) is 10.0 Å². The predicted octanol–water partition coefficient (Wildman–Crippen LogP) is 4.56. The third kappa shape index (κ3) is 3.91. The minimum absolute atomic E-state index is 0.195. The van der Waals surface area contributed by atoms with Crippen LogP contribution in [0.25, 0.3) is 0 Å². The molecule has 0 radical (unpaired) electrons. The van der Waals surface area contributed by atoms with Gasteiger partial charge in [0.15, 0.2) is 0 Å². The molecule has 0 aliphatic heterocycles. The van der Waals surface area contributed by atoms with Crippen molar-refractivity contribution in [1.29, 1.82) is 0 Å². The number of benzene rings is 2. The van der Waals surface area contributed by atoms with E-state index in [0.29, 0.717) is 10.0 Å². The van der Waals surface area contributed by atoms with Gasteiger partial charge in [-0.1, -0.05) is 47.5 Å². The molecule has 2 aromatic rings. The topological polar surface area (TPSA) is 15.3 Å². The highest BCUT2D eigenvalue weighted by Gasteiger charge is 2.14. The molecule has 0 saturated carbocycles. The van der Waals surface area contributed by atoms with Gasteiger partial charge in [0.05, 0.1) is 10.0 Å². The highest BCUT2D eigenvalue weighted by molar-refractivity contribution is 6.42. The lowest BCUT2D eigenvalue weighted by Gasteiger charge is -2.20. The van der Waals surface area contributed by atoms with E-state index in [-0.39, 0.29) is 6.04 Å². The third-order valence-corrected chi connectivity index (χ3v) is 4.45. The molecule has 1 N–H and O–H groups in total. The standard InChI is InChI=1S/C17H20Cl2N2/c1-20-16(11-13-7-5-9-15(18)17(13)19)12-6-4-8-14(10-12)21(2)3/h4-10,16,20H,11H2,1-3H3. The lowest BCUT2D eigenvalue weighted by atomic mass is 9.98. The van der Waals surface area contributed by atoms with Crippen LogP contribution in [0.3, 0.4) is 0 Å². The van der Waals surface area contributed by atoms with Gasteiger partial charge in [0.1, 0.15) is 0 Å². The molecule has 2 aromatic carbocycles. The summed E-state index contributed by atoms with van der Waals surface area (Å²) < 4.78 is 0. The Bertz CT molecular complexity index is 611. The van der Waals surface area contributed by atoms with Crippen LogP contribution in [-0.2, 0) is 6.42 Å². The summed E-state index contributed by atoms with van der Waals surface area (Å²) >= 11 is 12.4. The Hall–Kier alpha value is -1.22. The summed E-state index contributed by atoms with van der Waals surface area (Å²) in [6.45, 7) is 0. The Labute approximate surface area is 136 Å². The Balaban J connectivity index is 2.28. The molecule has 112 valence electrons. The van der Waals surface area contributed by atoms with Crippen LogP contribution in [-0.4, -0.2) is 21.1 Å². The second-order valence-electron chi connectivity index (χ2n) is 5.25. The highest BCUT2D eigenvalue weighted by Crippen LogP contribution is 2.30. The van der Waals surface area contributed by atoms with Crippen molar-refractivity contribution in [2.24, 2.45) is 0 Å². The molecule has 4 heteroatoms. The van der Waals surface area contributed by atoms with Crippen molar-refractivity contribution in [2.75, 3.05) is 26.0 Å². The van der Waals surface area contributed by atoms with E-state index in [1.54, 1.807) is 0 Å². The van der Waals surface area contributed by atoms with Gasteiger partial charge in [0, 0.05) is 25.8 Å². The molecule has 0 bridgehead atoms. The lowest BCUT2D eigenvalue weighted by molar-refractivity contribution is 0.592. The maximum atomic E-state index is 6.30. The van der Waals surface area contributed by atoms with Crippen molar-refractivity contribution >= 4 is 28.9 Å². The third-order valence-electron chi connectivity index (χ3n) is 3.59. The van der Waals surface area contributed by atoms with Crippen LogP contribution in [0, 0.1) is 0 Å². The highest BCUT2D eigenvalue weighted by atomic mass is 35.5. The average molecular weight is 323 g/mol. The van der Waals surface area contributed by atoms with Crippen molar-refractivity contribution in [2.45, 2.75) is 12.5 Å². The summed E-state index contributed by atoms with van der Waals surface area (Å²) in [5.74, 6) is 0. The normalized spacial score (nSPS) is 12.2. The Morgan fingerprint density at radius 3 is 2.48 bits per heavy atom. The lowest BCUT2D eigenvalue weighted by Crippen LogP contribution is -2.19. The maximum absolute atomic E-state index is 6.30. The SMILES string of the molecule is CNC(Cc1cccc(Cl)c1Cl)c1cccc(N(C)C)c1. The molecule has 0 saturated heterocycles. The number of hydrogen-bond donors (Lipinski definition) is 1. The number of likely N-dealkylation sites (N-methyl/N-ethyl adjacent to an activating group) is 1. The van der Waals surface area contributed by atoms with Gasteiger partial charge >= 0.3 is 0 Å². The zero-order chi connectivity index (χ0) is 15.4. The molecule has 0 heterocycles. The van der Waals surface area contributed by atoms with Crippen LogP contribution in [0.1, 0.15) is 17.2 Å². The molecule has 2 rings (SSSR count). The number of nitrogens with zero attached hydrogens (tertiary/aromatic N) is 1. The van der Waals surface area contributed by atoms with Gasteiger partial charge in [0.25, 0.3) is 0 Å². The number of hydrogen-bond acceptors (Lipinski definition) is 2. The molecule has 0 spiro atoms. The second-order valence-corrected chi connectivity index (χ2v) is 6.03. The summed E-state index contributed by atoms with van der Waals surface area (Å²) in [6.07, 6.45) is 0.798. The van der Waals surface area contributed by atoms with Gasteiger partial charge < -0.3 is 10.2 Å². The molecule has 0 fully saturated rings. The fourth-order valence-electron chi connectivity index (χ4n) is 2.33. The minimum Gasteiger partial charge on any atom is -0.378 e. The largest absolute Gasteiger partial charge is 0.378 e. The first-order valence-electron chi connectivity index (χ1n) is 6.90. The molecule has 1 unspecified atom stereocenters. The van der Waals surface area contributed by atoms with E-state index < -0.39 is 0 Å². The van der Waals surface area contributed by atoms with Crippen molar-refractivity contribution in [3.05, 3.63) is 63.6 Å². The summed E-state index contributed by atoms with van der Waals surface area (Å²) in [7, 11) is 6.05. The molecule has 0 aliphatic rings. The molecule has 1 atom stereocenters. The first kappa shape index (κ1) is 16.2. The number of rotatable bonds is 5. The second kappa shape index (κ2) is 7.17. The predicted molar refractivity (Wildman–Crippen MR) is 92.7 cm³/mol. The smallest absolute Gasteiger partial charge is 0.0624 e. The summed E-state index contributed by atoms with van der Waals surface area (Å²) in [6, 6.07) is 14.5. The van der Waals surface area contributed by atoms with Crippen LogP contribution >= 0.6 is 23.2 Å². The van der Waals surface area contributed by atoms with Crippen LogP contribution in [0.4, 0.5) is 5.69 Å². The molecule has 21 heavy (non-hydrogen) atoms. The van der Waals surface area contributed by atoms with E-state index in [2.05, 4.69) is 34.5 Å². The fourth-order valence-corrected chi connectivity index (χ4v) is 2.73. The Morgan fingerprint density at radius 1 is 1.10 bits per heavy atom. The Morgan fingerprint density at radius 2 is 1.81 bits per heavy atom. The van der Waals surface area contributed by atoms with Crippen molar-refractivity contribution in [1.82, 2.24) is 5.32 Å². The van der Waals surface area contributed by atoms with Crippen molar-refractivity contribution in [3.8, 4) is 0 Å². The molecule has 2 nitrogen and oxygen atoms in total. The molecular weight excluding hydrogens is 303 g/mol. The van der Waals surface area contributed by atoms with Crippen LogP contribution < -0.4 is 10.2 Å². The van der Waals surface area contributed by atoms with E-state index in [4.69, 9.17) is 23.2 Å². The van der Waals surface area contributed by atoms with E-state index in [1.807, 2.05) is 39.3 Å². The van der Waals surface area contributed by atoms with E-state index in [1.165, 1.54) is 11.3 Å². The zero-order valence-electron chi connectivity index (χ0n) is 12.5. The fraction of sp³-hybridized carbons (Fsp3) is 0.294. The van der Waals surface area contributed by atoms with Gasteiger partial charge in [-0.15, -0.1) is 0 Å². The van der Waals surface area contributed by atoms with E-state index in [9.17, 15) is 0 Å². The minimum atomic E-state index is 0.195. The average Bonchev–Trinajstić information content (AvgIpc) is 2.49. The van der Waals surface area contributed by atoms with Gasteiger partial charge in [-0.05, 0) is 42.8 Å². The number of anilines is 1. The monoisotopic (exact) mass is 322 g/mol. The molecule has 0 aliphatic carbocycles. The quantitative estimate of drug-likeness (QED) is 0.867. The van der Waals surface area contributed by atoms with Gasteiger partial charge in [-0.3, -0.25) is 0 Å². The Kier molecular flexibility index (Phi) is 5.51. The summed E-state index contributed by atoms with van der Waals surface area (Å²) in [5, 5.41) is 4.60.